The lowest BCUT2D eigenvalue weighted by molar-refractivity contribution is 0.792. The number of aromatic amines is 2. The number of nitrogens with zero attached hydrogens (tertiary/aromatic N) is 2. The highest BCUT2D eigenvalue weighted by Crippen LogP contribution is 2.66. The van der Waals surface area contributed by atoms with E-state index >= 15 is 0 Å². The standard InChI is InChI=1S/C84H62N4/c1-9-45-25-37(1)53-33-54-38-2-10-46(26-38)70(54)81(69(45)53)77-61-17-19-63(85-61)78(82-71-47-11-3-39(27-47)55(71)34-56-40-4-12-48(28-40)72(56)82)65-21-23-67(87-65)80(84-75-51-15-7-43(31-51)59(75)36-60-44-8-16-52(32-44)76(60)84)68-24-22-66(88-68)79(64-20-18-62(77)86-64)83-73-49-13-5-41(29-49)57(73)35-58-42-6-14-50(30-42)74(58)83/h1-24,33-52,85,88H,25-32H2. The van der Waals surface area contributed by atoms with Crippen LogP contribution in [0.25, 0.3) is 90.9 Å². The Morgan fingerprint density at radius 1 is 0.216 bits per heavy atom. The monoisotopic (exact) mass is 1130 g/mol. The van der Waals surface area contributed by atoms with Crippen LogP contribution in [0.1, 0.15) is 258 Å². The number of nitrogens with one attached hydrogen (secondary N) is 2. The molecule has 0 spiro atoms. The summed E-state index contributed by atoms with van der Waals surface area (Å²) in [5.41, 5.74) is 44.9. The van der Waals surface area contributed by atoms with E-state index in [1.54, 1.807) is 89.0 Å². The van der Waals surface area contributed by atoms with Crippen LogP contribution in [0.3, 0.4) is 0 Å². The Hall–Kier alpha value is -8.60. The zero-order valence-electron chi connectivity index (χ0n) is 49.0. The van der Waals surface area contributed by atoms with Gasteiger partial charge in [-0.3, -0.25) is 0 Å². The van der Waals surface area contributed by atoms with Crippen LogP contribution in [0.5, 0.6) is 0 Å². The molecule has 5 heterocycles. The summed E-state index contributed by atoms with van der Waals surface area (Å²) in [7, 11) is 0. The quantitative estimate of drug-likeness (QED) is 0.173. The maximum absolute atomic E-state index is 6.29. The summed E-state index contributed by atoms with van der Waals surface area (Å²) in [4.78, 5) is 21.5. The fraction of sp³-hybridized carbons (Fsp3) is 0.286. The maximum Gasteiger partial charge on any atom is 0.0737 e. The van der Waals surface area contributed by atoms with Gasteiger partial charge in [0.2, 0.25) is 0 Å². The Balaban J connectivity index is 0.874. The molecule has 25 rings (SSSR count). The van der Waals surface area contributed by atoms with Gasteiger partial charge in [0, 0.05) is 139 Å². The summed E-state index contributed by atoms with van der Waals surface area (Å²) in [5, 5.41) is 0. The molecule has 16 aliphatic carbocycles. The molecule has 88 heavy (non-hydrogen) atoms. The van der Waals surface area contributed by atoms with E-state index in [0.29, 0.717) is 94.7 Å². The third kappa shape index (κ3) is 5.32. The molecule has 2 N–H and O–H groups in total. The van der Waals surface area contributed by atoms with Crippen molar-refractivity contribution in [2.45, 2.75) is 146 Å². The van der Waals surface area contributed by atoms with E-state index in [1.165, 1.54) is 118 Å². The molecular weight excluding hydrogens is 1060 g/mol. The topological polar surface area (TPSA) is 57.4 Å². The molecule has 0 radical (unpaired) electrons. The Kier molecular flexibility index (Phi) is 7.92. The normalized spacial score (nSPS) is 33.1. The van der Waals surface area contributed by atoms with E-state index < -0.39 is 0 Å². The molecule has 24 bridgehead atoms. The first kappa shape index (κ1) is 45.6. The van der Waals surface area contributed by atoms with Crippen molar-refractivity contribution in [3.8, 4) is 44.5 Å². The van der Waals surface area contributed by atoms with Gasteiger partial charge in [-0.25, -0.2) is 9.97 Å². The van der Waals surface area contributed by atoms with E-state index in [9.17, 15) is 0 Å². The van der Waals surface area contributed by atoms with Crippen LogP contribution in [-0.4, -0.2) is 19.9 Å². The van der Waals surface area contributed by atoms with Gasteiger partial charge in [-0.2, -0.15) is 0 Å². The van der Waals surface area contributed by atoms with Crippen LogP contribution < -0.4 is 0 Å². The molecular formula is C84H62N4. The lowest BCUT2D eigenvalue weighted by atomic mass is 9.79. The number of allylic oxidation sites excluding steroid dienone is 16. The largest absolute Gasteiger partial charge is 0.354 e. The van der Waals surface area contributed by atoms with Crippen molar-refractivity contribution in [1.29, 1.82) is 0 Å². The lowest BCUT2D eigenvalue weighted by Gasteiger charge is -2.25. The van der Waals surface area contributed by atoms with Gasteiger partial charge >= 0.3 is 0 Å². The molecule has 18 aliphatic rings. The van der Waals surface area contributed by atoms with Crippen molar-refractivity contribution in [2.75, 3.05) is 0 Å². The molecule has 3 aromatic heterocycles. The third-order valence-corrected chi connectivity index (χ3v) is 26.5. The van der Waals surface area contributed by atoms with Gasteiger partial charge in [0.05, 0.1) is 22.8 Å². The minimum absolute atomic E-state index is 0.395. The average molecular weight is 1130 g/mol. The number of benzene rings is 4. The van der Waals surface area contributed by atoms with Gasteiger partial charge in [0.25, 0.3) is 0 Å². The first-order chi connectivity index (χ1) is 43.5. The highest BCUT2D eigenvalue weighted by atomic mass is 14.8. The van der Waals surface area contributed by atoms with Crippen LogP contribution >= 0.6 is 0 Å². The van der Waals surface area contributed by atoms with Crippen molar-refractivity contribution in [3.05, 3.63) is 258 Å². The number of fused-ring (bicyclic) bond motifs is 48. The highest BCUT2D eigenvalue weighted by molar-refractivity contribution is 6.04. The fourth-order valence-corrected chi connectivity index (χ4v) is 23.2. The van der Waals surface area contributed by atoms with Crippen molar-refractivity contribution in [3.63, 3.8) is 0 Å². The SMILES string of the molecule is C1=Cc2nc1c(-c1c3c(cc4c1C1C=CC4C1)C1C=CC3C1)c1ccc([nH]1)c(-c1c3c(cc4c1C1C=CC4C1)C1C=CC3C1)c1nc(c(-c3c4c(cc5c3C3C=CC5C3)C3C=CC4C3)c3ccc([nH]3)c2-c2c3c(cc4c2C2C=CC4C2)C2C=CC3C2)C=C1. The van der Waals surface area contributed by atoms with Gasteiger partial charge in [-0.15, -0.1) is 0 Å². The molecule has 418 valence electrons. The van der Waals surface area contributed by atoms with E-state index in [2.05, 4.69) is 180 Å². The Bertz CT molecular complexity index is 4390. The number of hydrogen-bond donors (Lipinski definition) is 2. The van der Waals surface area contributed by atoms with Gasteiger partial charge < -0.3 is 9.97 Å². The molecule has 0 fully saturated rings. The van der Waals surface area contributed by atoms with Crippen LogP contribution in [-0.2, 0) is 0 Å². The summed E-state index contributed by atoms with van der Waals surface area (Å²) < 4.78 is 0. The molecule has 4 nitrogen and oxygen atoms in total. The summed E-state index contributed by atoms with van der Waals surface area (Å²) >= 11 is 0. The summed E-state index contributed by atoms with van der Waals surface area (Å²) in [6.07, 6.45) is 59.8. The predicted octanol–water partition coefficient (Wildman–Crippen LogP) is 20.4. The minimum atomic E-state index is 0.395. The first-order valence-electron chi connectivity index (χ1n) is 34.0. The van der Waals surface area contributed by atoms with Crippen LogP contribution in [0.15, 0.2) is 146 Å². The molecule has 0 saturated heterocycles. The number of H-pyrrole nitrogens is 2. The third-order valence-electron chi connectivity index (χ3n) is 26.5. The lowest BCUT2D eigenvalue weighted by Crippen LogP contribution is -2.07. The molecule has 4 heteroatoms. The summed E-state index contributed by atoms with van der Waals surface area (Å²) in [6, 6.07) is 20.6. The zero-order valence-corrected chi connectivity index (χ0v) is 49.0. The molecule has 16 unspecified atom stereocenters. The second-order valence-electron chi connectivity index (χ2n) is 30.2. The van der Waals surface area contributed by atoms with E-state index in [1.807, 2.05) is 0 Å². The van der Waals surface area contributed by atoms with Gasteiger partial charge in [-0.05, 0) is 211 Å². The van der Waals surface area contributed by atoms with Crippen LogP contribution in [0.4, 0.5) is 0 Å². The zero-order chi connectivity index (χ0) is 56.0. The Morgan fingerprint density at radius 2 is 0.386 bits per heavy atom. The number of rotatable bonds is 4. The first-order valence-corrected chi connectivity index (χ1v) is 34.0. The second-order valence-corrected chi connectivity index (χ2v) is 30.2. The highest BCUT2D eigenvalue weighted by Gasteiger charge is 2.49. The second kappa shape index (κ2) is 15.3. The minimum Gasteiger partial charge on any atom is -0.354 e. The molecule has 2 aliphatic heterocycles. The predicted molar refractivity (Wildman–Crippen MR) is 355 cm³/mol. The van der Waals surface area contributed by atoms with Crippen molar-refractivity contribution < 1.29 is 0 Å². The average Bonchev–Trinajstić information content (AvgIpc) is 1.59. The summed E-state index contributed by atoms with van der Waals surface area (Å²) in [5.74, 6) is 6.87. The van der Waals surface area contributed by atoms with Crippen molar-refractivity contribution >= 4 is 46.4 Å². The van der Waals surface area contributed by atoms with Crippen molar-refractivity contribution in [2.24, 2.45) is 0 Å². The van der Waals surface area contributed by atoms with Gasteiger partial charge in [-0.1, -0.05) is 121 Å². The fourth-order valence-electron chi connectivity index (χ4n) is 23.2. The van der Waals surface area contributed by atoms with Gasteiger partial charge in [0.15, 0.2) is 0 Å². The molecule has 7 aromatic rings. The molecule has 16 atom stereocenters. The molecule has 0 saturated carbocycles. The maximum atomic E-state index is 6.29. The van der Waals surface area contributed by atoms with E-state index in [-0.39, 0.29) is 0 Å². The molecule has 4 aromatic carbocycles. The van der Waals surface area contributed by atoms with Crippen molar-refractivity contribution in [1.82, 2.24) is 19.9 Å². The Morgan fingerprint density at radius 3 is 0.568 bits per heavy atom. The number of aromatic nitrogens is 4. The Labute approximate surface area is 511 Å². The van der Waals surface area contributed by atoms with Crippen LogP contribution in [0.2, 0.25) is 0 Å². The number of hydrogen-bond acceptors (Lipinski definition) is 2. The van der Waals surface area contributed by atoms with Gasteiger partial charge in [0.1, 0.15) is 0 Å². The van der Waals surface area contributed by atoms with Crippen LogP contribution in [0, 0.1) is 0 Å². The molecule has 0 amide bonds. The summed E-state index contributed by atoms with van der Waals surface area (Å²) in [6.45, 7) is 0. The smallest absolute Gasteiger partial charge is 0.0737 e. The van der Waals surface area contributed by atoms with E-state index in [4.69, 9.17) is 9.97 Å². The van der Waals surface area contributed by atoms with E-state index in [0.717, 1.165) is 22.8 Å².